The molecule has 1 saturated carbocycles. The highest BCUT2D eigenvalue weighted by molar-refractivity contribution is 5.76. The average molecular weight is 273 g/mol. The summed E-state index contributed by atoms with van der Waals surface area (Å²) in [7, 11) is 2.18. The van der Waals surface area contributed by atoms with Gasteiger partial charge in [-0.05, 0) is 32.0 Å². The van der Waals surface area contributed by atoms with Gasteiger partial charge in [-0.1, -0.05) is 25.7 Å². The van der Waals surface area contributed by atoms with E-state index in [2.05, 4.69) is 16.9 Å². The molecule has 3 rings (SSSR count). The second kappa shape index (κ2) is 5.83. The van der Waals surface area contributed by atoms with E-state index in [0.29, 0.717) is 6.04 Å². The Morgan fingerprint density at radius 3 is 2.75 bits per heavy atom. The van der Waals surface area contributed by atoms with Gasteiger partial charge in [0.05, 0.1) is 6.54 Å². The van der Waals surface area contributed by atoms with E-state index in [1.54, 1.807) is 0 Å². The lowest BCUT2D eigenvalue weighted by molar-refractivity contribution is 0.196. The lowest BCUT2D eigenvalue weighted by Crippen LogP contribution is -2.30. The average Bonchev–Trinajstić information content (AvgIpc) is 2.64. The third-order valence-electron chi connectivity index (χ3n) is 4.29. The van der Waals surface area contributed by atoms with Crippen molar-refractivity contribution < 1.29 is 4.42 Å². The van der Waals surface area contributed by atoms with E-state index in [9.17, 15) is 0 Å². The zero-order valence-electron chi connectivity index (χ0n) is 12.1. The summed E-state index contributed by atoms with van der Waals surface area (Å²) < 4.78 is 5.81. The van der Waals surface area contributed by atoms with Crippen LogP contribution in [-0.4, -0.2) is 23.0 Å². The smallest absolute Gasteiger partial charge is 0.209 e. The highest BCUT2D eigenvalue weighted by Crippen LogP contribution is 2.24. The molecule has 1 aromatic heterocycles. The zero-order chi connectivity index (χ0) is 13.9. The van der Waals surface area contributed by atoms with Gasteiger partial charge in [0.15, 0.2) is 5.58 Å². The van der Waals surface area contributed by atoms with Crippen LogP contribution in [0, 0.1) is 0 Å². The first-order valence-corrected chi connectivity index (χ1v) is 7.57. The van der Waals surface area contributed by atoms with E-state index in [1.165, 1.54) is 38.5 Å². The van der Waals surface area contributed by atoms with Gasteiger partial charge in [-0.3, -0.25) is 4.90 Å². The summed E-state index contributed by atoms with van der Waals surface area (Å²) in [6.45, 7) is 0.777. The maximum atomic E-state index is 5.81. The summed E-state index contributed by atoms with van der Waals surface area (Å²) in [5.74, 6) is 0.789. The maximum absolute atomic E-state index is 5.81. The molecule has 0 bridgehead atoms. The quantitative estimate of drug-likeness (QED) is 0.686. The molecule has 1 fully saturated rings. The first-order chi connectivity index (χ1) is 9.72. The molecular weight excluding hydrogens is 250 g/mol. The molecule has 1 aliphatic carbocycles. The van der Waals surface area contributed by atoms with Crippen LogP contribution in [-0.2, 0) is 6.54 Å². The van der Waals surface area contributed by atoms with Crippen molar-refractivity contribution in [3.63, 3.8) is 0 Å². The second-order valence-electron chi connectivity index (χ2n) is 5.90. The monoisotopic (exact) mass is 273 g/mol. The van der Waals surface area contributed by atoms with Crippen LogP contribution in [0.1, 0.15) is 44.4 Å². The molecule has 20 heavy (non-hydrogen) atoms. The Morgan fingerprint density at radius 1 is 1.25 bits per heavy atom. The molecule has 1 aliphatic rings. The minimum absolute atomic E-state index is 0.664. The fraction of sp³-hybridized carbons (Fsp3) is 0.562. The van der Waals surface area contributed by atoms with Crippen LogP contribution in [0.3, 0.4) is 0 Å². The predicted molar refractivity (Wildman–Crippen MR) is 81.4 cm³/mol. The Balaban J connectivity index is 1.71. The molecule has 1 aromatic carbocycles. The summed E-state index contributed by atoms with van der Waals surface area (Å²) in [5.41, 5.74) is 8.17. The molecule has 0 unspecified atom stereocenters. The molecule has 2 aromatic rings. The van der Waals surface area contributed by atoms with Gasteiger partial charge in [0.2, 0.25) is 5.89 Å². The number of oxazole rings is 1. The molecule has 4 heteroatoms. The van der Waals surface area contributed by atoms with Crippen molar-refractivity contribution in [1.82, 2.24) is 9.88 Å². The lowest BCUT2D eigenvalue weighted by Gasteiger charge is -2.25. The van der Waals surface area contributed by atoms with Gasteiger partial charge in [0, 0.05) is 17.8 Å². The number of benzene rings is 1. The van der Waals surface area contributed by atoms with Crippen molar-refractivity contribution in [2.45, 2.75) is 51.1 Å². The van der Waals surface area contributed by atoms with Gasteiger partial charge in [0.1, 0.15) is 5.52 Å². The van der Waals surface area contributed by atoms with Crippen molar-refractivity contribution in [3.05, 3.63) is 24.1 Å². The Morgan fingerprint density at radius 2 is 2.00 bits per heavy atom. The number of hydrogen-bond donors (Lipinski definition) is 1. The Bertz CT molecular complexity index is 570. The Kier molecular flexibility index (Phi) is 3.92. The highest BCUT2D eigenvalue weighted by Gasteiger charge is 2.18. The van der Waals surface area contributed by atoms with E-state index in [0.717, 1.165) is 29.2 Å². The minimum atomic E-state index is 0.664. The maximum Gasteiger partial charge on any atom is 0.209 e. The van der Waals surface area contributed by atoms with Crippen LogP contribution in [0.5, 0.6) is 0 Å². The molecule has 4 nitrogen and oxygen atoms in total. The lowest BCUT2D eigenvalue weighted by atomic mass is 10.1. The molecular formula is C16H23N3O. The van der Waals surface area contributed by atoms with E-state index in [4.69, 9.17) is 10.2 Å². The molecule has 0 amide bonds. The van der Waals surface area contributed by atoms with Crippen LogP contribution in [0.4, 0.5) is 5.69 Å². The van der Waals surface area contributed by atoms with Gasteiger partial charge in [-0.2, -0.15) is 0 Å². The largest absolute Gasteiger partial charge is 0.439 e. The molecule has 1 heterocycles. The normalized spacial score (nSPS) is 17.7. The molecule has 0 spiro atoms. The standard InChI is InChI=1S/C16H23N3O/c1-19(13-6-4-2-3-5-7-13)11-16-18-14-9-8-12(17)10-15(14)20-16/h8-10,13H,2-7,11,17H2,1H3. The number of nitrogen functional groups attached to an aromatic ring is 1. The van der Waals surface area contributed by atoms with Crippen LogP contribution in [0.2, 0.25) is 0 Å². The first kappa shape index (κ1) is 13.4. The van der Waals surface area contributed by atoms with Gasteiger partial charge in [-0.15, -0.1) is 0 Å². The molecule has 0 radical (unpaired) electrons. The second-order valence-corrected chi connectivity index (χ2v) is 5.90. The number of nitrogens with zero attached hydrogens (tertiary/aromatic N) is 2. The number of fused-ring (bicyclic) bond motifs is 1. The first-order valence-electron chi connectivity index (χ1n) is 7.57. The Labute approximate surface area is 120 Å². The van der Waals surface area contributed by atoms with Crippen LogP contribution >= 0.6 is 0 Å². The van der Waals surface area contributed by atoms with Gasteiger partial charge in [-0.25, -0.2) is 4.98 Å². The summed E-state index contributed by atoms with van der Waals surface area (Å²) in [6.07, 6.45) is 8.05. The molecule has 0 saturated heterocycles. The summed E-state index contributed by atoms with van der Waals surface area (Å²) in [6, 6.07) is 6.29. The van der Waals surface area contributed by atoms with Crippen molar-refractivity contribution in [1.29, 1.82) is 0 Å². The van der Waals surface area contributed by atoms with Gasteiger partial charge >= 0.3 is 0 Å². The van der Waals surface area contributed by atoms with Crippen molar-refractivity contribution in [3.8, 4) is 0 Å². The van der Waals surface area contributed by atoms with E-state index < -0.39 is 0 Å². The molecule has 108 valence electrons. The third-order valence-corrected chi connectivity index (χ3v) is 4.29. The number of anilines is 1. The summed E-state index contributed by atoms with van der Waals surface area (Å²) in [4.78, 5) is 6.94. The predicted octanol–water partition coefficient (Wildman–Crippen LogP) is 3.56. The van der Waals surface area contributed by atoms with Crippen LogP contribution in [0.25, 0.3) is 11.1 Å². The number of rotatable bonds is 3. The minimum Gasteiger partial charge on any atom is -0.439 e. The highest BCUT2D eigenvalue weighted by atomic mass is 16.3. The number of hydrogen-bond acceptors (Lipinski definition) is 4. The van der Waals surface area contributed by atoms with Crippen LogP contribution in [0.15, 0.2) is 22.6 Å². The topological polar surface area (TPSA) is 55.3 Å². The van der Waals surface area contributed by atoms with E-state index >= 15 is 0 Å². The molecule has 0 atom stereocenters. The van der Waals surface area contributed by atoms with Gasteiger partial charge < -0.3 is 10.2 Å². The zero-order valence-corrected chi connectivity index (χ0v) is 12.1. The SMILES string of the molecule is CN(Cc1nc2ccc(N)cc2o1)C1CCCCCC1. The number of aromatic nitrogens is 1. The van der Waals surface area contributed by atoms with E-state index in [1.807, 2.05) is 18.2 Å². The van der Waals surface area contributed by atoms with Crippen molar-refractivity contribution in [2.75, 3.05) is 12.8 Å². The summed E-state index contributed by atoms with van der Waals surface area (Å²) >= 11 is 0. The van der Waals surface area contributed by atoms with Crippen LogP contribution < -0.4 is 5.73 Å². The fourth-order valence-electron chi connectivity index (χ4n) is 3.10. The van der Waals surface area contributed by atoms with Gasteiger partial charge in [0.25, 0.3) is 0 Å². The third kappa shape index (κ3) is 2.96. The van der Waals surface area contributed by atoms with Crippen molar-refractivity contribution in [2.24, 2.45) is 0 Å². The Hall–Kier alpha value is -1.55. The number of nitrogens with two attached hydrogens (primary N) is 1. The van der Waals surface area contributed by atoms with E-state index in [-0.39, 0.29) is 0 Å². The molecule has 0 aliphatic heterocycles. The fourth-order valence-corrected chi connectivity index (χ4v) is 3.10. The van der Waals surface area contributed by atoms with Crippen molar-refractivity contribution >= 4 is 16.8 Å². The summed E-state index contributed by atoms with van der Waals surface area (Å²) in [5, 5.41) is 0. The molecule has 2 N–H and O–H groups in total.